The molecule has 2 heterocycles. The predicted molar refractivity (Wildman–Crippen MR) is 169 cm³/mol. The number of rotatable bonds is 2. The number of halogens is 1. The summed E-state index contributed by atoms with van der Waals surface area (Å²) >= 11 is 2.34. The molecular formula is C35H24IN3. The van der Waals surface area contributed by atoms with Crippen molar-refractivity contribution in [1.82, 2.24) is 14.6 Å². The molecule has 0 atom stereocenters. The second-order valence-corrected chi connectivity index (χ2v) is 12.1. The topological polar surface area (TPSA) is 30.2 Å². The number of benzene rings is 5. The third kappa shape index (κ3) is 3.27. The van der Waals surface area contributed by atoms with E-state index in [1.807, 2.05) is 0 Å². The maximum atomic E-state index is 4.66. The van der Waals surface area contributed by atoms with Crippen molar-refractivity contribution in [3.05, 3.63) is 124 Å². The van der Waals surface area contributed by atoms with Gasteiger partial charge in [-0.25, -0.2) is 0 Å². The van der Waals surface area contributed by atoms with Gasteiger partial charge in [-0.1, -0.05) is 92.7 Å². The van der Waals surface area contributed by atoms with Crippen molar-refractivity contribution in [3.63, 3.8) is 0 Å². The highest BCUT2D eigenvalue weighted by Gasteiger charge is 2.35. The van der Waals surface area contributed by atoms with Gasteiger partial charge in [-0.15, -0.1) is 10.2 Å². The van der Waals surface area contributed by atoms with E-state index in [9.17, 15) is 0 Å². The number of pyridine rings is 1. The summed E-state index contributed by atoms with van der Waals surface area (Å²) in [6.45, 7) is 4.68. The molecule has 3 nitrogen and oxygen atoms in total. The van der Waals surface area contributed by atoms with Crippen LogP contribution in [0.4, 0.5) is 0 Å². The molecule has 0 fully saturated rings. The summed E-state index contributed by atoms with van der Waals surface area (Å²) in [5.41, 5.74) is 11.0. The third-order valence-electron chi connectivity index (χ3n) is 8.38. The fraction of sp³-hybridized carbons (Fsp3) is 0.0857. The van der Waals surface area contributed by atoms with E-state index in [1.54, 1.807) is 0 Å². The molecule has 0 spiro atoms. The highest BCUT2D eigenvalue weighted by Crippen LogP contribution is 2.49. The van der Waals surface area contributed by atoms with Crippen molar-refractivity contribution >= 4 is 49.9 Å². The number of hydrogen-bond acceptors (Lipinski definition) is 2. The molecule has 1 aliphatic carbocycles. The van der Waals surface area contributed by atoms with E-state index in [1.165, 1.54) is 47.7 Å². The Balaban J connectivity index is 1.37. The van der Waals surface area contributed by atoms with E-state index in [4.69, 9.17) is 0 Å². The van der Waals surface area contributed by atoms with Crippen molar-refractivity contribution in [2.24, 2.45) is 0 Å². The first-order valence-corrected chi connectivity index (χ1v) is 14.3. The van der Waals surface area contributed by atoms with Crippen molar-refractivity contribution in [1.29, 1.82) is 0 Å². The normalized spacial score (nSPS) is 13.7. The molecule has 0 saturated heterocycles. The monoisotopic (exact) mass is 613 g/mol. The minimum absolute atomic E-state index is 0.0253. The molecule has 7 aromatic rings. The van der Waals surface area contributed by atoms with Crippen molar-refractivity contribution in [2.45, 2.75) is 19.3 Å². The van der Waals surface area contributed by atoms with E-state index in [0.717, 1.165) is 27.9 Å². The summed E-state index contributed by atoms with van der Waals surface area (Å²) in [4.78, 5) is 0. The first kappa shape index (κ1) is 22.9. The Bertz CT molecular complexity index is 2100. The van der Waals surface area contributed by atoms with Gasteiger partial charge in [0.05, 0.1) is 5.52 Å². The van der Waals surface area contributed by atoms with Crippen LogP contribution in [0.25, 0.3) is 61.0 Å². The Labute approximate surface area is 240 Å². The van der Waals surface area contributed by atoms with Gasteiger partial charge in [0.15, 0.2) is 11.5 Å². The van der Waals surface area contributed by atoms with Crippen molar-refractivity contribution in [3.8, 4) is 33.6 Å². The molecule has 0 saturated carbocycles. The Morgan fingerprint density at radius 2 is 1.26 bits per heavy atom. The number of hydrogen-bond donors (Lipinski definition) is 0. The minimum atomic E-state index is -0.0253. The summed E-state index contributed by atoms with van der Waals surface area (Å²) in [6, 6.07) is 39.6. The third-order valence-corrected chi connectivity index (χ3v) is 9.10. The zero-order valence-electron chi connectivity index (χ0n) is 21.6. The van der Waals surface area contributed by atoms with Gasteiger partial charge in [0.1, 0.15) is 0 Å². The molecule has 0 unspecified atom stereocenters. The summed E-state index contributed by atoms with van der Waals surface area (Å²) in [5, 5.41) is 12.8. The first-order valence-electron chi connectivity index (χ1n) is 13.2. The largest absolute Gasteiger partial charge is 0.274 e. The molecule has 0 amide bonds. The maximum absolute atomic E-state index is 4.66. The zero-order chi connectivity index (χ0) is 26.3. The minimum Gasteiger partial charge on any atom is -0.274 e. The van der Waals surface area contributed by atoms with Gasteiger partial charge in [0, 0.05) is 25.3 Å². The van der Waals surface area contributed by atoms with Crippen LogP contribution in [0.3, 0.4) is 0 Å². The molecule has 8 rings (SSSR count). The molecular weight excluding hydrogens is 589 g/mol. The van der Waals surface area contributed by atoms with Gasteiger partial charge in [-0.05, 0) is 91.7 Å². The van der Waals surface area contributed by atoms with Crippen LogP contribution in [0.5, 0.6) is 0 Å². The molecule has 0 aliphatic heterocycles. The maximum Gasteiger partial charge on any atom is 0.169 e. The summed E-state index contributed by atoms with van der Waals surface area (Å²) in [7, 11) is 0. The van der Waals surface area contributed by atoms with Crippen LogP contribution in [-0.4, -0.2) is 14.6 Å². The van der Waals surface area contributed by atoms with Crippen LogP contribution in [0.2, 0.25) is 0 Å². The molecule has 0 N–H and O–H groups in total. The van der Waals surface area contributed by atoms with E-state index in [0.29, 0.717) is 0 Å². The lowest BCUT2D eigenvalue weighted by Gasteiger charge is -2.22. The van der Waals surface area contributed by atoms with E-state index in [-0.39, 0.29) is 5.41 Å². The van der Waals surface area contributed by atoms with Crippen LogP contribution >= 0.6 is 22.6 Å². The fourth-order valence-corrected chi connectivity index (χ4v) is 6.76. The van der Waals surface area contributed by atoms with Crippen LogP contribution in [0.15, 0.2) is 109 Å². The van der Waals surface area contributed by atoms with Crippen LogP contribution in [-0.2, 0) is 5.41 Å². The van der Waals surface area contributed by atoms with Gasteiger partial charge in [0.25, 0.3) is 0 Å². The number of fused-ring (bicyclic) bond motifs is 9. The molecule has 39 heavy (non-hydrogen) atoms. The van der Waals surface area contributed by atoms with E-state index < -0.39 is 0 Å². The SMILES string of the molecule is CC1(C)c2ccccc2-c2ccc(-c3ccc4c(c3)c3ccccc3c3nnc(-c5ccc(I)cc5)n43)cc21. The van der Waals surface area contributed by atoms with Gasteiger partial charge in [-0.3, -0.25) is 4.40 Å². The Morgan fingerprint density at radius 1 is 0.590 bits per heavy atom. The smallest absolute Gasteiger partial charge is 0.169 e. The van der Waals surface area contributed by atoms with Crippen LogP contribution < -0.4 is 0 Å². The lowest BCUT2D eigenvalue weighted by molar-refractivity contribution is 0.660. The van der Waals surface area contributed by atoms with Crippen LogP contribution in [0.1, 0.15) is 25.0 Å². The Kier molecular flexibility index (Phi) is 4.84. The molecule has 0 radical (unpaired) electrons. The van der Waals surface area contributed by atoms with Crippen LogP contribution in [0, 0.1) is 3.57 Å². The predicted octanol–water partition coefficient (Wildman–Crippen LogP) is 9.28. The van der Waals surface area contributed by atoms with Crippen molar-refractivity contribution in [2.75, 3.05) is 0 Å². The number of nitrogens with zero attached hydrogens (tertiary/aromatic N) is 3. The van der Waals surface area contributed by atoms with Gasteiger partial charge in [0.2, 0.25) is 0 Å². The summed E-state index contributed by atoms with van der Waals surface area (Å²) in [6.07, 6.45) is 0. The van der Waals surface area contributed by atoms with Crippen molar-refractivity contribution < 1.29 is 0 Å². The highest BCUT2D eigenvalue weighted by molar-refractivity contribution is 14.1. The second-order valence-electron chi connectivity index (χ2n) is 10.9. The summed E-state index contributed by atoms with van der Waals surface area (Å²) in [5.74, 6) is 0.863. The molecule has 5 aromatic carbocycles. The van der Waals surface area contributed by atoms with E-state index >= 15 is 0 Å². The lowest BCUT2D eigenvalue weighted by atomic mass is 9.81. The highest BCUT2D eigenvalue weighted by atomic mass is 127. The fourth-order valence-electron chi connectivity index (χ4n) is 6.40. The van der Waals surface area contributed by atoms with Gasteiger partial charge >= 0.3 is 0 Å². The molecule has 186 valence electrons. The number of aromatic nitrogens is 3. The second kappa shape index (κ2) is 8.23. The quantitative estimate of drug-likeness (QED) is 0.144. The van der Waals surface area contributed by atoms with Gasteiger partial charge in [-0.2, -0.15) is 0 Å². The molecule has 1 aliphatic rings. The lowest BCUT2D eigenvalue weighted by Crippen LogP contribution is -2.14. The Morgan fingerprint density at radius 3 is 2.10 bits per heavy atom. The molecule has 2 aromatic heterocycles. The average Bonchev–Trinajstić information content (AvgIpc) is 3.51. The average molecular weight is 614 g/mol. The van der Waals surface area contributed by atoms with Gasteiger partial charge < -0.3 is 0 Å². The molecule has 4 heteroatoms. The zero-order valence-corrected chi connectivity index (χ0v) is 23.8. The summed E-state index contributed by atoms with van der Waals surface area (Å²) < 4.78 is 3.41. The van der Waals surface area contributed by atoms with E-state index in [2.05, 4.69) is 160 Å². The molecule has 0 bridgehead atoms. The first-order chi connectivity index (χ1) is 19.0. The Hall–Kier alpha value is -4.03. The standard InChI is InChI=1S/C35H24IN3/c1-35(2)30-10-6-5-8-26(30)27-17-13-23(20-31(27)35)22-14-18-32-29(19-22)25-7-3-4-9-28(25)34-38-37-33(39(32)34)21-11-15-24(36)16-12-21/h3-20H,1-2H3.